The van der Waals surface area contributed by atoms with Gasteiger partial charge in [-0.1, -0.05) is 12.1 Å². The highest BCUT2D eigenvalue weighted by atomic mass is 16.5. The van der Waals surface area contributed by atoms with Gasteiger partial charge in [0.25, 0.3) is 0 Å². The lowest BCUT2D eigenvalue weighted by Crippen LogP contribution is -2.25. The number of phenols is 1. The molecule has 0 aromatic heterocycles. The maximum Gasteiger partial charge on any atom is 0.177 e. The standard InChI is InChI=1S/C16H14O4.H2O/c1-19-12-6-7-13-15(8-12)20-9-14(16(13)18)10-2-4-11(17)5-3-10;/h2-8,14,17H,9H2,1H3;1H2. The second-order valence-electron chi connectivity index (χ2n) is 4.68. The number of fused-ring (bicyclic) bond motifs is 1. The number of hydrogen-bond donors (Lipinski definition) is 1. The normalized spacial score (nSPS) is 16.4. The van der Waals surface area contributed by atoms with Crippen LogP contribution >= 0.6 is 0 Å². The molecule has 1 heterocycles. The number of hydrogen-bond acceptors (Lipinski definition) is 4. The zero-order valence-electron chi connectivity index (χ0n) is 11.5. The predicted octanol–water partition coefficient (Wildman–Crippen LogP) is 1.94. The first-order chi connectivity index (χ1) is 9.69. The maximum atomic E-state index is 12.5. The van der Waals surface area contributed by atoms with Crippen LogP contribution in [0.15, 0.2) is 42.5 Å². The molecule has 0 spiro atoms. The van der Waals surface area contributed by atoms with Crippen LogP contribution in [0.3, 0.4) is 0 Å². The van der Waals surface area contributed by atoms with Gasteiger partial charge in [-0.25, -0.2) is 0 Å². The van der Waals surface area contributed by atoms with Crippen molar-refractivity contribution >= 4 is 5.78 Å². The lowest BCUT2D eigenvalue weighted by molar-refractivity contribution is 0.0896. The Bertz CT molecular complexity index is 648. The Balaban J connectivity index is 0.00000161. The molecule has 1 aliphatic rings. The molecular formula is C16H16O5. The Hall–Kier alpha value is -2.53. The van der Waals surface area contributed by atoms with Gasteiger partial charge in [0, 0.05) is 6.07 Å². The van der Waals surface area contributed by atoms with Crippen molar-refractivity contribution in [3.8, 4) is 17.2 Å². The molecule has 1 unspecified atom stereocenters. The van der Waals surface area contributed by atoms with Gasteiger partial charge in [-0.05, 0) is 29.8 Å². The average molecular weight is 288 g/mol. The number of methoxy groups -OCH3 is 1. The van der Waals surface area contributed by atoms with Crippen LogP contribution < -0.4 is 9.47 Å². The molecule has 2 aromatic carbocycles. The first kappa shape index (κ1) is 14.9. The number of ether oxygens (including phenoxy) is 2. The van der Waals surface area contributed by atoms with Crippen LogP contribution in [-0.4, -0.2) is 30.1 Å². The van der Waals surface area contributed by atoms with Gasteiger partial charge in [0.1, 0.15) is 23.9 Å². The Morgan fingerprint density at radius 1 is 1.19 bits per heavy atom. The molecule has 2 aromatic rings. The van der Waals surface area contributed by atoms with E-state index < -0.39 is 0 Å². The Labute approximate surface area is 122 Å². The number of phenolic OH excluding ortho intramolecular Hbond substituents is 1. The predicted molar refractivity (Wildman–Crippen MR) is 77.3 cm³/mol. The number of ketones is 1. The van der Waals surface area contributed by atoms with Crippen LogP contribution in [-0.2, 0) is 0 Å². The SMILES string of the molecule is COc1ccc2c(c1)OCC(c1ccc(O)cc1)C2=O.O. The molecule has 0 fully saturated rings. The third kappa shape index (κ3) is 2.68. The summed E-state index contributed by atoms with van der Waals surface area (Å²) in [5, 5.41) is 9.31. The van der Waals surface area contributed by atoms with Crippen molar-refractivity contribution in [2.24, 2.45) is 0 Å². The summed E-state index contributed by atoms with van der Waals surface area (Å²) in [6, 6.07) is 11.8. The van der Waals surface area contributed by atoms with E-state index in [0.717, 1.165) is 5.56 Å². The summed E-state index contributed by atoms with van der Waals surface area (Å²) in [5.74, 6) is 1.10. The van der Waals surface area contributed by atoms with Crippen LogP contribution in [0, 0.1) is 0 Å². The summed E-state index contributed by atoms with van der Waals surface area (Å²) in [7, 11) is 1.58. The summed E-state index contributed by atoms with van der Waals surface area (Å²) in [4.78, 5) is 12.5. The van der Waals surface area contributed by atoms with Gasteiger partial charge >= 0.3 is 0 Å². The first-order valence-corrected chi connectivity index (χ1v) is 6.33. The summed E-state index contributed by atoms with van der Waals surface area (Å²) in [6.45, 7) is 0.295. The van der Waals surface area contributed by atoms with E-state index >= 15 is 0 Å². The minimum Gasteiger partial charge on any atom is -0.508 e. The van der Waals surface area contributed by atoms with E-state index in [1.54, 1.807) is 49.6 Å². The van der Waals surface area contributed by atoms with Crippen LogP contribution in [0.5, 0.6) is 17.2 Å². The molecule has 0 saturated carbocycles. The fourth-order valence-electron chi connectivity index (χ4n) is 2.34. The Morgan fingerprint density at radius 3 is 2.57 bits per heavy atom. The molecule has 21 heavy (non-hydrogen) atoms. The Morgan fingerprint density at radius 2 is 1.90 bits per heavy atom. The van der Waals surface area contributed by atoms with E-state index in [2.05, 4.69) is 0 Å². The van der Waals surface area contributed by atoms with Gasteiger partial charge in [-0.15, -0.1) is 0 Å². The minimum atomic E-state index is -0.337. The fourth-order valence-corrected chi connectivity index (χ4v) is 2.34. The molecule has 110 valence electrons. The van der Waals surface area contributed by atoms with E-state index in [9.17, 15) is 9.90 Å². The van der Waals surface area contributed by atoms with Crippen molar-refractivity contribution in [3.63, 3.8) is 0 Å². The molecule has 3 N–H and O–H groups in total. The third-order valence-corrected chi connectivity index (χ3v) is 3.47. The van der Waals surface area contributed by atoms with Gasteiger partial charge in [0.05, 0.1) is 18.6 Å². The highest BCUT2D eigenvalue weighted by Crippen LogP contribution is 2.35. The molecule has 1 atom stereocenters. The van der Waals surface area contributed by atoms with Crippen molar-refractivity contribution < 1.29 is 24.9 Å². The molecular weight excluding hydrogens is 272 g/mol. The number of rotatable bonds is 2. The van der Waals surface area contributed by atoms with Gasteiger partial charge in [0.15, 0.2) is 5.78 Å². The van der Waals surface area contributed by atoms with Crippen molar-refractivity contribution in [1.29, 1.82) is 0 Å². The number of carbonyl (C=O) groups is 1. The van der Waals surface area contributed by atoms with Crippen molar-refractivity contribution in [3.05, 3.63) is 53.6 Å². The minimum absolute atomic E-state index is 0. The number of benzene rings is 2. The van der Waals surface area contributed by atoms with Crippen LogP contribution in [0.2, 0.25) is 0 Å². The van der Waals surface area contributed by atoms with E-state index in [4.69, 9.17) is 9.47 Å². The van der Waals surface area contributed by atoms with E-state index in [1.165, 1.54) is 0 Å². The summed E-state index contributed by atoms with van der Waals surface area (Å²) >= 11 is 0. The molecule has 3 rings (SSSR count). The molecule has 0 bridgehead atoms. The molecule has 1 aliphatic heterocycles. The third-order valence-electron chi connectivity index (χ3n) is 3.47. The van der Waals surface area contributed by atoms with Gasteiger partial charge in [-0.3, -0.25) is 4.79 Å². The largest absolute Gasteiger partial charge is 0.508 e. The number of Topliss-reactive ketones (excluding diaryl/α,β-unsaturated/α-hetero) is 1. The lowest BCUT2D eigenvalue weighted by Gasteiger charge is -2.24. The van der Waals surface area contributed by atoms with Crippen molar-refractivity contribution in [2.45, 2.75) is 5.92 Å². The highest BCUT2D eigenvalue weighted by molar-refractivity contribution is 6.04. The summed E-state index contributed by atoms with van der Waals surface area (Å²) in [6.07, 6.45) is 0. The number of aromatic hydroxyl groups is 1. The molecule has 0 radical (unpaired) electrons. The van der Waals surface area contributed by atoms with Crippen LogP contribution in [0.1, 0.15) is 21.8 Å². The molecule has 5 heteroatoms. The quantitative estimate of drug-likeness (QED) is 0.914. The molecule has 0 amide bonds. The second-order valence-corrected chi connectivity index (χ2v) is 4.68. The maximum absolute atomic E-state index is 12.5. The zero-order valence-corrected chi connectivity index (χ0v) is 11.5. The molecule has 5 nitrogen and oxygen atoms in total. The highest BCUT2D eigenvalue weighted by Gasteiger charge is 2.30. The topological polar surface area (TPSA) is 87.3 Å². The van der Waals surface area contributed by atoms with E-state index in [0.29, 0.717) is 23.7 Å². The lowest BCUT2D eigenvalue weighted by atomic mass is 9.89. The van der Waals surface area contributed by atoms with Crippen molar-refractivity contribution in [2.75, 3.05) is 13.7 Å². The van der Waals surface area contributed by atoms with E-state index in [-0.39, 0.29) is 22.9 Å². The van der Waals surface area contributed by atoms with Crippen LogP contribution in [0.25, 0.3) is 0 Å². The summed E-state index contributed by atoms with van der Waals surface area (Å²) < 4.78 is 10.8. The fraction of sp³-hybridized carbons (Fsp3) is 0.188. The summed E-state index contributed by atoms with van der Waals surface area (Å²) in [5.41, 5.74) is 1.41. The van der Waals surface area contributed by atoms with E-state index in [1.807, 2.05) is 0 Å². The smallest absolute Gasteiger partial charge is 0.177 e. The monoisotopic (exact) mass is 288 g/mol. The second kappa shape index (κ2) is 5.85. The number of carbonyl (C=O) groups excluding carboxylic acids is 1. The van der Waals surface area contributed by atoms with Gasteiger partial charge in [-0.2, -0.15) is 0 Å². The van der Waals surface area contributed by atoms with Crippen LogP contribution in [0.4, 0.5) is 0 Å². The van der Waals surface area contributed by atoms with Gasteiger partial charge in [0.2, 0.25) is 0 Å². The zero-order chi connectivity index (χ0) is 14.1. The van der Waals surface area contributed by atoms with Crippen molar-refractivity contribution in [1.82, 2.24) is 0 Å². The van der Waals surface area contributed by atoms with Gasteiger partial charge < -0.3 is 20.1 Å². The average Bonchev–Trinajstić information content (AvgIpc) is 2.48. The molecule has 0 saturated heterocycles. The Kier molecular flexibility index (Phi) is 4.14. The molecule has 0 aliphatic carbocycles. The first-order valence-electron chi connectivity index (χ1n) is 6.33.